The number of imidazole rings is 1. The molecule has 1 aromatic heterocycles. The first-order chi connectivity index (χ1) is 11.6. The van der Waals surface area contributed by atoms with Crippen LogP contribution in [0.1, 0.15) is 17.0 Å². The van der Waals surface area contributed by atoms with E-state index < -0.39 is 0 Å². The number of nitrogens with one attached hydrogen (secondary N) is 1. The summed E-state index contributed by atoms with van der Waals surface area (Å²) in [5, 5.41) is 2.88. The molecule has 2 aromatic carbocycles. The molecule has 0 saturated heterocycles. The third kappa shape index (κ3) is 3.87. The summed E-state index contributed by atoms with van der Waals surface area (Å²) in [6.07, 6.45) is 3.92. The number of aryl methyl sites for hydroxylation is 1. The Morgan fingerprint density at radius 2 is 1.75 bits per heavy atom. The van der Waals surface area contributed by atoms with Gasteiger partial charge in [0.1, 0.15) is 11.6 Å². The van der Waals surface area contributed by atoms with Crippen molar-refractivity contribution in [2.45, 2.75) is 19.9 Å². The molecule has 0 spiro atoms. The van der Waals surface area contributed by atoms with Crippen molar-refractivity contribution in [3.63, 3.8) is 0 Å². The van der Waals surface area contributed by atoms with Crippen molar-refractivity contribution in [2.75, 3.05) is 0 Å². The number of aromatic nitrogens is 2. The molecule has 1 heterocycles. The normalized spacial score (nSPS) is 10.6. The van der Waals surface area contributed by atoms with Crippen molar-refractivity contribution in [3.05, 3.63) is 83.7 Å². The molecule has 0 aliphatic rings. The highest BCUT2D eigenvalue weighted by molar-refractivity contribution is 5.78. The SMILES string of the molecule is Cc1nccn1-c1ccc(CNC(=O)Cc2ccc(F)cc2)cc1. The molecule has 0 atom stereocenters. The second-order valence-corrected chi connectivity index (χ2v) is 5.59. The molecule has 0 saturated carbocycles. The monoisotopic (exact) mass is 323 g/mol. The molecule has 0 radical (unpaired) electrons. The van der Waals surface area contributed by atoms with Crippen LogP contribution in [0.3, 0.4) is 0 Å². The summed E-state index contributed by atoms with van der Waals surface area (Å²) in [4.78, 5) is 16.2. The molecule has 1 N–H and O–H groups in total. The third-order valence-corrected chi connectivity index (χ3v) is 3.81. The number of carbonyl (C=O) groups is 1. The Hall–Kier alpha value is -2.95. The Morgan fingerprint density at radius 1 is 1.08 bits per heavy atom. The summed E-state index contributed by atoms with van der Waals surface area (Å²) < 4.78 is 14.8. The van der Waals surface area contributed by atoms with Crippen LogP contribution in [0.5, 0.6) is 0 Å². The highest BCUT2D eigenvalue weighted by Crippen LogP contribution is 2.12. The van der Waals surface area contributed by atoms with Gasteiger partial charge in [-0.25, -0.2) is 9.37 Å². The first-order valence-electron chi connectivity index (χ1n) is 7.72. The lowest BCUT2D eigenvalue weighted by molar-refractivity contribution is -0.120. The maximum absolute atomic E-state index is 12.8. The molecule has 3 aromatic rings. The number of hydrogen-bond donors (Lipinski definition) is 1. The number of amides is 1. The van der Waals surface area contributed by atoms with E-state index in [0.29, 0.717) is 6.54 Å². The zero-order valence-electron chi connectivity index (χ0n) is 13.4. The van der Waals surface area contributed by atoms with Crippen molar-refractivity contribution >= 4 is 5.91 Å². The molecule has 122 valence electrons. The molecule has 0 fully saturated rings. The molecule has 3 rings (SSSR count). The van der Waals surface area contributed by atoms with Gasteiger partial charge in [0.2, 0.25) is 5.91 Å². The van der Waals surface area contributed by atoms with Gasteiger partial charge >= 0.3 is 0 Å². The number of benzene rings is 2. The molecule has 4 nitrogen and oxygen atoms in total. The van der Waals surface area contributed by atoms with Crippen LogP contribution in [0, 0.1) is 12.7 Å². The van der Waals surface area contributed by atoms with Gasteiger partial charge in [-0.15, -0.1) is 0 Å². The Labute approximate surface area is 140 Å². The van der Waals surface area contributed by atoms with E-state index >= 15 is 0 Å². The highest BCUT2D eigenvalue weighted by Gasteiger charge is 2.05. The van der Waals surface area contributed by atoms with E-state index in [4.69, 9.17) is 0 Å². The van der Waals surface area contributed by atoms with Gasteiger partial charge in [-0.2, -0.15) is 0 Å². The Balaban J connectivity index is 1.55. The Bertz CT molecular complexity index is 823. The number of nitrogens with zero attached hydrogens (tertiary/aromatic N) is 2. The van der Waals surface area contributed by atoms with Gasteiger partial charge in [0, 0.05) is 24.6 Å². The lowest BCUT2D eigenvalue weighted by Gasteiger charge is -2.08. The predicted octanol–water partition coefficient (Wildman–Crippen LogP) is 3.18. The molecule has 5 heteroatoms. The van der Waals surface area contributed by atoms with E-state index in [1.54, 1.807) is 18.3 Å². The zero-order chi connectivity index (χ0) is 16.9. The molecule has 0 aliphatic heterocycles. The minimum absolute atomic E-state index is 0.0869. The minimum atomic E-state index is -0.299. The van der Waals surface area contributed by atoms with Crippen LogP contribution in [-0.2, 0) is 17.8 Å². The van der Waals surface area contributed by atoms with Crippen LogP contribution in [0.4, 0.5) is 4.39 Å². The molecule has 0 unspecified atom stereocenters. The maximum Gasteiger partial charge on any atom is 0.224 e. The molecular weight excluding hydrogens is 305 g/mol. The van der Waals surface area contributed by atoms with Crippen LogP contribution in [0.2, 0.25) is 0 Å². The van der Waals surface area contributed by atoms with Crippen molar-refractivity contribution < 1.29 is 9.18 Å². The first kappa shape index (κ1) is 15.9. The van der Waals surface area contributed by atoms with Gasteiger partial charge in [-0.3, -0.25) is 4.79 Å². The predicted molar refractivity (Wildman–Crippen MR) is 90.3 cm³/mol. The fraction of sp³-hybridized carbons (Fsp3) is 0.158. The van der Waals surface area contributed by atoms with Crippen LogP contribution >= 0.6 is 0 Å². The van der Waals surface area contributed by atoms with E-state index in [1.165, 1.54) is 12.1 Å². The third-order valence-electron chi connectivity index (χ3n) is 3.81. The minimum Gasteiger partial charge on any atom is -0.352 e. The van der Waals surface area contributed by atoms with Gasteiger partial charge in [-0.05, 0) is 42.3 Å². The van der Waals surface area contributed by atoms with Gasteiger partial charge < -0.3 is 9.88 Å². The lowest BCUT2D eigenvalue weighted by atomic mass is 10.1. The standard InChI is InChI=1S/C19H18FN3O/c1-14-21-10-11-23(14)18-8-4-16(5-9-18)13-22-19(24)12-15-2-6-17(20)7-3-15/h2-11H,12-13H2,1H3,(H,22,24). The van der Waals surface area contributed by atoms with Gasteiger partial charge in [0.25, 0.3) is 0 Å². The Kier molecular flexibility index (Phi) is 4.70. The molecule has 0 aliphatic carbocycles. The van der Waals surface area contributed by atoms with Gasteiger partial charge in [-0.1, -0.05) is 24.3 Å². The lowest BCUT2D eigenvalue weighted by Crippen LogP contribution is -2.24. The summed E-state index contributed by atoms with van der Waals surface area (Å²) in [5.41, 5.74) is 2.84. The van der Waals surface area contributed by atoms with Crippen LogP contribution < -0.4 is 5.32 Å². The van der Waals surface area contributed by atoms with Crippen molar-refractivity contribution in [1.29, 1.82) is 0 Å². The average Bonchev–Trinajstić information content (AvgIpc) is 3.02. The fourth-order valence-corrected chi connectivity index (χ4v) is 2.48. The quantitative estimate of drug-likeness (QED) is 0.784. The molecular formula is C19H18FN3O. The van der Waals surface area contributed by atoms with E-state index in [9.17, 15) is 9.18 Å². The number of hydrogen-bond acceptors (Lipinski definition) is 2. The van der Waals surface area contributed by atoms with Crippen molar-refractivity contribution in [3.8, 4) is 5.69 Å². The number of rotatable bonds is 5. The largest absolute Gasteiger partial charge is 0.352 e. The number of carbonyl (C=O) groups excluding carboxylic acids is 1. The van der Waals surface area contributed by atoms with Crippen molar-refractivity contribution in [2.24, 2.45) is 0 Å². The van der Waals surface area contributed by atoms with Gasteiger partial charge in [0.05, 0.1) is 6.42 Å². The van der Waals surface area contributed by atoms with Crippen LogP contribution in [0.15, 0.2) is 60.9 Å². The summed E-state index contributed by atoms with van der Waals surface area (Å²) in [5.74, 6) is 0.541. The van der Waals surface area contributed by atoms with E-state index in [0.717, 1.165) is 22.6 Å². The van der Waals surface area contributed by atoms with Crippen LogP contribution in [0.25, 0.3) is 5.69 Å². The average molecular weight is 323 g/mol. The number of halogens is 1. The van der Waals surface area contributed by atoms with Crippen molar-refractivity contribution in [1.82, 2.24) is 14.9 Å². The van der Waals surface area contributed by atoms with E-state index in [-0.39, 0.29) is 18.1 Å². The summed E-state index contributed by atoms with van der Waals surface area (Å²) in [7, 11) is 0. The molecule has 0 bridgehead atoms. The van der Waals surface area contributed by atoms with Crippen LogP contribution in [-0.4, -0.2) is 15.5 Å². The topological polar surface area (TPSA) is 46.9 Å². The second-order valence-electron chi connectivity index (χ2n) is 5.59. The molecule has 1 amide bonds. The maximum atomic E-state index is 12.8. The fourth-order valence-electron chi connectivity index (χ4n) is 2.48. The first-order valence-corrected chi connectivity index (χ1v) is 7.72. The smallest absolute Gasteiger partial charge is 0.224 e. The summed E-state index contributed by atoms with van der Waals surface area (Å²) in [6, 6.07) is 13.9. The van der Waals surface area contributed by atoms with E-state index in [1.807, 2.05) is 42.0 Å². The highest BCUT2D eigenvalue weighted by atomic mass is 19.1. The second kappa shape index (κ2) is 7.08. The Morgan fingerprint density at radius 3 is 2.38 bits per heavy atom. The summed E-state index contributed by atoms with van der Waals surface area (Å²) in [6.45, 7) is 2.41. The van der Waals surface area contributed by atoms with Gasteiger partial charge in [0.15, 0.2) is 0 Å². The summed E-state index contributed by atoms with van der Waals surface area (Å²) >= 11 is 0. The van der Waals surface area contributed by atoms with E-state index in [2.05, 4.69) is 10.3 Å². The molecule has 24 heavy (non-hydrogen) atoms. The zero-order valence-corrected chi connectivity index (χ0v) is 13.4.